The molecule has 1 N–H and O–H groups in total. The van der Waals surface area contributed by atoms with Gasteiger partial charge in [-0.05, 0) is 6.07 Å². The van der Waals surface area contributed by atoms with E-state index in [4.69, 9.17) is 0 Å². The number of halogens is 2. The predicted octanol–water partition coefficient (Wildman–Crippen LogP) is 1.01. The van der Waals surface area contributed by atoms with Crippen molar-refractivity contribution in [2.45, 2.75) is 6.42 Å². The van der Waals surface area contributed by atoms with Gasteiger partial charge in [0.15, 0.2) is 5.82 Å². The Balaban J connectivity index is 2.47. The number of hydrogen-bond acceptors (Lipinski definition) is 2. The van der Waals surface area contributed by atoms with Gasteiger partial charge in [-0.25, -0.2) is 4.39 Å². The van der Waals surface area contributed by atoms with Crippen molar-refractivity contribution in [2.24, 2.45) is 0 Å². The second kappa shape index (κ2) is 3.85. The molecular weight excluding hydrogens is 168 g/mol. The standard InChI is InChI=1S/C7H7F2NO2/c8-6-3-5(10-7(6)9)1-2-12-4-11/h3-4,10H,1-2H2. The van der Waals surface area contributed by atoms with Gasteiger partial charge >= 0.3 is 0 Å². The molecule has 0 bridgehead atoms. The third-order valence-electron chi connectivity index (χ3n) is 1.34. The lowest BCUT2D eigenvalue weighted by Crippen LogP contribution is -1.96. The molecule has 0 aromatic carbocycles. The highest BCUT2D eigenvalue weighted by molar-refractivity contribution is 5.36. The molecule has 0 fully saturated rings. The summed E-state index contributed by atoms with van der Waals surface area (Å²) in [5.74, 6) is -1.91. The van der Waals surface area contributed by atoms with E-state index in [1.807, 2.05) is 0 Å². The zero-order valence-electron chi connectivity index (χ0n) is 6.14. The SMILES string of the molecule is O=COCCc1cc(F)c(F)[nH]1. The van der Waals surface area contributed by atoms with Gasteiger partial charge in [-0.3, -0.25) is 4.79 Å². The van der Waals surface area contributed by atoms with E-state index in [0.717, 1.165) is 6.07 Å². The van der Waals surface area contributed by atoms with Crippen LogP contribution < -0.4 is 0 Å². The largest absolute Gasteiger partial charge is 0.467 e. The molecule has 0 amide bonds. The smallest absolute Gasteiger partial charge is 0.293 e. The number of carbonyl (C=O) groups is 1. The number of carbonyl (C=O) groups excluding carboxylic acids is 1. The lowest BCUT2D eigenvalue weighted by Gasteiger charge is -1.94. The van der Waals surface area contributed by atoms with E-state index < -0.39 is 11.8 Å². The van der Waals surface area contributed by atoms with Crippen LogP contribution >= 0.6 is 0 Å². The van der Waals surface area contributed by atoms with Crippen molar-refractivity contribution in [3.8, 4) is 0 Å². The van der Waals surface area contributed by atoms with E-state index >= 15 is 0 Å². The first-order chi connectivity index (χ1) is 5.74. The van der Waals surface area contributed by atoms with Crippen LogP contribution in [-0.2, 0) is 16.0 Å². The summed E-state index contributed by atoms with van der Waals surface area (Å²) in [4.78, 5) is 11.9. The summed E-state index contributed by atoms with van der Waals surface area (Å²) in [6.45, 7) is 0.401. The van der Waals surface area contributed by atoms with Gasteiger partial charge < -0.3 is 9.72 Å². The van der Waals surface area contributed by atoms with Gasteiger partial charge in [0.25, 0.3) is 6.47 Å². The van der Waals surface area contributed by atoms with Crippen molar-refractivity contribution >= 4 is 6.47 Å². The molecule has 1 aromatic rings. The van der Waals surface area contributed by atoms with Crippen LogP contribution in [0.2, 0.25) is 0 Å². The monoisotopic (exact) mass is 175 g/mol. The average Bonchev–Trinajstić information content (AvgIpc) is 2.32. The van der Waals surface area contributed by atoms with E-state index in [1.165, 1.54) is 0 Å². The molecule has 0 aliphatic rings. The van der Waals surface area contributed by atoms with Gasteiger partial charge in [-0.2, -0.15) is 4.39 Å². The van der Waals surface area contributed by atoms with Crippen LogP contribution in [0.4, 0.5) is 8.78 Å². The maximum atomic E-state index is 12.3. The topological polar surface area (TPSA) is 42.1 Å². The highest BCUT2D eigenvalue weighted by Crippen LogP contribution is 2.07. The van der Waals surface area contributed by atoms with Crippen LogP contribution in [-0.4, -0.2) is 18.1 Å². The Kier molecular flexibility index (Phi) is 2.79. The molecule has 12 heavy (non-hydrogen) atoms. The first kappa shape index (κ1) is 8.70. The van der Waals surface area contributed by atoms with E-state index in [1.54, 1.807) is 0 Å². The number of ether oxygens (including phenoxy) is 1. The minimum atomic E-state index is -0.990. The fourth-order valence-electron chi connectivity index (χ4n) is 0.805. The molecule has 5 heteroatoms. The van der Waals surface area contributed by atoms with Crippen molar-refractivity contribution in [3.63, 3.8) is 0 Å². The molecule has 0 radical (unpaired) electrons. The molecule has 0 atom stereocenters. The highest BCUT2D eigenvalue weighted by Gasteiger charge is 2.05. The second-order valence-electron chi connectivity index (χ2n) is 2.17. The van der Waals surface area contributed by atoms with Crippen LogP contribution in [0.15, 0.2) is 6.07 Å². The molecule has 0 aliphatic carbocycles. The Hall–Kier alpha value is -1.39. The summed E-state index contributed by atoms with van der Waals surface area (Å²) in [6.07, 6.45) is 0.277. The summed E-state index contributed by atoms with van der Waals surface area (Å²) in [6, 6.07) is 1.03. The molecule has 1 heterocycles. The third kappa shape index (κ3) is 2.05. The van der Waals surface area contributed by atoms with E-state index in [-0.39, 0.29) is 19.5 Å². The molecule has 66 valence electrons. The maximum Gasteiger partial charge on any atom is 0.293 e. The summed E-state index contributed by atoms with van der Waals surface area (Å²) in [7, 11) is 0. The number of H-pyrrole nitrogens is 1. The Bertz CT molecular complexity index is 253. The number of hydrogen-bond donors (Lipinski definition) is 1. The van der Waals surface area contributed by atoms with Gasteiger partial charge in [0.1, 0.15) is 0 Å². The molecule has 0 unspecified atom stereocenters. The van der Waals surface area contributed by atoms with Crippen molar-refractivity contribution in [2.75, 3.05) is 6.61 Å². The zero-order valence-corrected chi connectivity index (χ0v) is 6.14. The molecule has 3 nitrogen and oxygen atoms in total. The normalized spacial score (nSPS) is 9.83. The number of rotatable bonds is 4. The van der Waals surface area contributed by atoms with Gasteiger partial charge in [0.05, 0.1) is 6.61 Å². The summed E-state index contributed by atoms with van der Waals surface area (Å²) in [5.41, 5.74) is 0.367. The summed E-state index contributed by atoms with van der Waals surface area (Å²) < 4.78 is 29.0. The Labute approximate surface area is 67.3 Å². The van der Waals surface area contributed by atoms with Crippen molar-refractivity contribution in [1.82, 2.24) is 4.98 Å². The minimum Gasteiger partial charge on any atom is -0.467 e. The Morgan fingerprint density at radius 1 is 1.58 bits per heavy atom. The fourth-order valence-corrected chi connectivity index (χ4v) is 0.805. The molecule has 0 spiro atoms. The first-order valence-corrected chi connectivity index (χ1v) is 3.32. The Morgan fingerprint density at radius 3 is 2.83 bits per heavy atom. The van der Waals surface area contributed by atoms with Gasteiger partial charge in [0.2, 0.25) is 5.95 Å². The molecule has 1 rings (SSSR count). The lowest BCUT2D eigenvalue weighted by molar-refractivity contribution is -0.128. The number of aromatic amines is 1. The maximum absolute atomic E-state index is 12.3. The van der Waals surface area contributed by atoms with E-state index in [0.29, 0.717) is 5.69 Å². The van der Waals surface area contributed by atoms with Gasteiger partial charge in [-0.15, -0.1) is 0 Å². The quantitative estimate of drug-likeness (QED) is 0.548. The molecular formula is C7H7F2NO2. The van der Waals surface area contributed by atoms with Crippen LogP contribution in [0.1, 0.15) is 5.69 Å². The summed E-state index contributed by atoms with van der Waals surface area (Å²) in [5, 5.41) is 0. The van der Waals surface area contributed by atoms with Gasteiger partial charge in [-0.1, -0.05) is 0 Å². The van der Waals surface area contributed by atoms with E-state index in [9.17, 15) is 13.6 Å². The van der Waals surface area contributed by atoms with E-state index in [2.05, 4.69) is 9.72 Å². The minimum absolute atomic E-state index is 0.114. The van der Waals surface area contributed by atoms with Crippen LogP contribution in [0.3, 0.4) is 0 Å². The van der Waals surface area contributed by atoms with Gasteiger partial charge in [0, 0.05) is 12.1 Å². The Morgan fingerprint density at radius 2 is 2.33 bits per heavy atom. The van der Waals surface area contributed by atoms with Crippen LogP contribution in [0.25, 0.3) is 0 Å². The predicted molar refractivity (Wildman–Crippen MR) is 36.4 cm³/mol. The molecule has 1 aromatic heterocycles. The molecule has 0 saturated carbocycles. The summed E-state index contributed by atoms with van der Waals surface area (Å²) >= 11 is 0. The highest BCUT2D eigenvalue weighted by atomic mass is 19.2. The average molecular weight is 175 g/mol. The van der Waals surface area contributed by atoms with Crippen molar-refractivity contribution in [1.29, 1.82) is 0 Å². The van der Waals surface area contributed by atoms with Crippen LogP contribution in [0, 0.1) is 11.8 Å². The first-order valence-electron chi connectivity index (χ1n) is 3.32. The lowest BCUT2D eigenvalue weighted by atomic mass is 10.3. The van der Waals surface area contributed by atoms with Crippen molar-refractivity contribution in [3.05, 3.63) is 23.5 Å². The number of nitrogens with one attached hydrogen (secondary N) is 1. The zero-order chi connectivity index (χ0) is 8.97. The van der Waals surface area contributed by atoms with Crippen LogP contribution in [0.5, 0.6) is 0 Å². The fraction of sp³-hybridized carbons (Fsp3) is 0.286. The van der Waals surface area contributed by atoms with Crippen molar-refractivity contribution < 1.29 is 18.3 Å². The third-order valence-corrected chi connectivity index (χ3v) is 1.34. The number of aromatic nitrogens is 1. The second-order valence-corrected chi connectivity index (χ2v) is 2.17. The molecule has 0 aliphatic heterocycles. The molecule has 0 saturated heterocycles.